The van der Waals surface area contributed by atoms with Crippen LogP contribution in [0.2, 0.25) is 0 Å². The van der Waals surface area contributed by atoms with Crippen LogP contribution in [0.3, 0.4) is 0 Å². The van der Waals surface area contributed by atoms with E-state index in [1.165, 1.54) is 18.5 Å². The van der Waals surface area contributed by atoms with E-state index >= 15 is 0 Å². The molecule has 0 radical (unpaired) electrons. The molecule has 0 aromatic heterocycles. The number of nitrogens with zero attached hydrogens (tertiary/aromatic N) is 1. The van der Waals surface area contributed by atoms with Crippen molar-refractivity contribution in [3.05, 3.63) is 11.8 Å². The quantitative estimate of drug-likeness (QED) is 0.593. The second kappa shape index (κ2) is 2.36. The van der Waals surface area contributed by atoms with Gasteiger partial charge in [0.1, 0.15) is 0 Å². The van der Waals surface area contributed by atoms with E-state index in [0.29, 0.717) is 5.78 Å². The van der Waals surface area contributed by atoms with E-state index in [4.69, 9.17) is 0 Å². The highest BCUT2D eigenvalue weighted by atomic mass is 16.1. The average molecular weight is 151 g/mol. The maximum absolute atomic E-state index is 10.9. The topological polar surface area (TPSA) is 20.3 Å². The van der Waals surface area contributed by atoms with Gasteiger partial charge in [-0.3, -0.25) is 4.79 Å². The molecule has 0 spiro atoms. The van der Waals surface area contributed by atoms with E-state index < -0.39 is 0 Å². The zero-order valence-electron chi connectivity index (χ0n) is 6.84. The van der Waals surface area contributed by atoms with Gasteiger partial charge in [0, 0.05) is 31.3 Å². The third-order valence-electron chi connectivity index (χ3n) is 2.50. The van der Waals surface area contributed by atoms with Gasteiger partial charge in [0.05, 0.1) is 0 Å². The highest BCUT2D eigenvalue weighted by Gasteiger charge is 2.29. The molecule has 0 atom stereocenters. The second-order valence-electron chi connectivity index (χ2n) is 3.44. The third kappa shape index (κ3) is 1.30. The van der Waals surface area contributed by atoms with Crippen molar-refractivity contribution >= 4 is 5.78 Å². The molecular formula is C9H13NO. The van der Waals surface area contributed by atoms with E-state index in [2.05, 4.69) is 11.9 Å². The van der Waals surface area contributed by atoms with Crippen LogP contribution >= 0.6 is 0 Å². The minimum atomic E-state index is 0.299. The fourth-order valence-corrected chi connectivity index (χ4v) is 1.56. The first-order chi connectivity index (χ1) is 5.27. The number of carbonyl (C=O) groups excluding carboxylic acids is 1. The van der Waals surface area contributed by atoms with Gasteiger partial charge in [-0.1, -0.05) is 0 Å². The maximum Gasteiger partial charge on any atom is 0.157 e. The summed E-state index contributed by atoms with van der Waals surface area (Å²) < 4.78 is 0. The molecule has 60 valence electrons. The van der Waals surface area contributed by atoms with Gasteiger partial charge in [-0.25, -0.2) is 0 Å². The van der Waals surface area contributed by atoms with Crippen molar-refractivity contribution in [2.24, 2.45) is 0 Å². The van der Waals surface area contributed by atoms with Crippen LogP contribution in [0, 0.1) is 0 Å². The predicted octanol–water partition coefficient (Wildman–Crippen LogP) is 1.33. The van der Waals surface area contributed by atoms with Crippen LogP contribution in [0.5, 0.6) is 0 Å². The van der Waals surface area contributed by atoms with Gasteiger partial charge < -0.3 is 4.90 Å². The van der Waals surface area contributed by atoms with Crippen LogP contribution in [0.1, 0.15) is 25.7 Å². The van der Waals surface area contributed by atoms with Gasteiger partial charge in [0.15, 0.2) is 5.78 Å². The normalized spacial score (nSPS) is 23.7. The van der Waals surface area contributed by atoms with Crippen LogP contribution in [-0.2, 0) is 4.79 Å². The summed E-state index contributed by atoms with van der Waals surface area (Å²) in [6.07, 6.45) is 6.11. The largest absolute Gasteiger partial charge is 0.375 e. The fourth-order valence-electron chi connectivity index (χ4n) is 1.56. The summed E-state index contributed by atoms with van der Waals surface area (Å²) in [7, 11) is 2.10. The summed E-state index contributed by atoms with van der Waals surface area (Å²) in [5, 5.41) is 0. The van der Waals surface area contributed by atoms with Crippen molar-refractivity contribution in [3.63, 3.8) is 0 Å². The minimum absolute atomic E-state index is 0.299. The Morgan fingerprint density at radius 3 is 2.64 bits per heavy atom. The lowest BCUT2D eigenvalue weighted by Gasteiger charge is -2.18. The SMILES string of the molecule is CN(C1=CC(=O)CC1)C1CC1. The van der Waals surface area contributed by atoms with Gasteiger partial charge in [0.2, 0.25) is 0 Å². The maximum atomic E-state index is 10.9. The summed E-state index contributed by atoms with van der Waals surface area (Å²) in [5.41, 5.74) is 1.25. The smallest absolute Gasteiger partial charge is 0.157 e. The van der Waals surface area contributed by atoms with Crippen LogP contribution in [0.15, 0.2) is 11.8 Å². The number of carbonyl (C=O) groups is 1. The van der Waals surface area contributed by atoms with Crippen molar-refractivity contribution in [1.82, 2.24) is 4.90 Å². The lowest BCUT2D eigenvalue weighted by atomic mass is 10.3. The standard InChI is InChI=1S/C9H13NO/c1-10(7-2-3-7)8-4-5-9(11)6-8/h6-7H,2-5H2,1H3. The Labute approximate surface area is 66.9 Å². The van der Waals surface area contributed by atoms with Crippen molar-refractivity contribution in [2.45, 2.75) is 31.7 Å². The molecule has 0 bridgehead atoms. The van der Waals surface area contributed by atoms with E-state index in [-0.39, 0.29) is 0 Å². The molecule has 0 aromatic rings. The number of hydrogen-bond acceptors (Lipinski definition) is 2. The van der Waals surface area contributed by atoms with Gasteiger partial charge in [-0.15, -0.1) is 0 Å². The minimum Gasteiger partial charge on any atom is -0.375 e. The lowest BCUT2D eigenvalue weighted by molar-refractivity contribution is -0.114. The molecule has 0 aromatic carbocycles. The van der Waals surface area contributed by atoms with Crippen molar-refractivity contribution in [2.75, 3.05) is 7.05 Å². The number of ketones is 1. The first kappa shape index (κ1) is 6.89. The molecule has 1 saturated carbocycles. The van der Waals surface area contributed by atoms with Gasteiger partial charge in [-0.2, -0.15) is 0 Å². The summed E-state index contributed by atoms with van der Waals surface area (Å²) in [5.74, 6) is 0.299. The Hall–Kier alpha value is -0.790. The Bertz CT molecular complexity index is 216. The summed E-state index contributed by atoms with van der Waals surface area (Å²) in [4.78, 5) is 13.2. The summed E-state index contributed by atoms with van der Waals surface area (Å²) >= 11 is 0. The third-order valence-corrected chi connectivity index (χ3v) is 2.50. The van der Waals surface area contributed by atoms with E-state index in [1.54, 1.807) is 6.08 Å². The lowest BCUT2D eigenvalue weighted by Crippen LogP contribution is -2.18. The van der Waals surface area contributed by atoms with Crippen LogP contribution < -0.4 is 0 Å². The predicted molar refractivity (Wildman–Crippen MR) is 43.1 cm³/mol. The molecule has 1 fully saturated rings. The molecular weight excluding hydrogens is 138 g/mol. The van der Waals surface area contributed by atoms with Gasteiger partial charge in [0.25, 0.3) is 0 Å². The molecule has 2 heteroatoms. The van der Waals surface area contributed by atoms with Crippen LogP contribution in [0.4, 0.5) is 0 Å². The molecule has 2 aliphatic rings. The van der Waals surface area contributed by atoms with E-state index in [0.717, 1.165) is 18.9 Å². The number of allylic oxidation sites excluding steroid dienone is 2. The zero-order chi connectivity index (χ0) is 7.84. The Kier molecular flexibility index (Phi) is 1.48. The van der Waals surface area contributed by atoms with Crippen LogP contribution in [0.25, 0.3) is 0 Å². The number of rotatable bonds is 2. The van der Waals surface area contributed by atoms with Gasteiger partial charge >= 0.3 is 0 Å². The van der Waals surface area contributed by atoms with Crippen molar-refractivity contribution in [3.8, 4) is 0 Å². The summed E-state index contributed by atoms with van der Waals surface area (Å²) in [6, 6.07) is 0.743. The highest BCUT2D eigenvalue weighted by molar-refractivity contribution is 5.92. The monoisotopic (exact) mass is 151 g/mol. The van der Waals surface area contributed by atoms with E-state index in [1.807, 2.05) is 0 Å². The fraction of sp³-hybridized carbons (Fsp3) is 0.667. The first-order valence-electron chi connectivity index (χ1n) is 4.23. The molecule has 0 amide bonds. The second-order valence-corrected chi connectivity index (χ2v) is 3.44. The number of hydrogen-bond donors (Lipinski definition) is 0. The molecule has 2 rings (SSSR count). The Morgan fingerprint density at radius 2 is 2.18 bits per heavy atom. The molecule has 0 unspecified atom stereocenters. The zero-order valence-corrected chi connectivity index (χ0v) is 6.84. The van der Waals surface area contributed by atoms with Crippen molar-refractivity contribution in [1.29, 1.82) is 0 Å². The summed E-state index contributed by atoms with van der Waals surface area (Å²) in [6.45, 7) is 0. The molecule has 2 aliphatic carbocycles. The van der Waals surface area contributed by atoms with E-state index in [9.17, 15) is 4.79 Å². The average Bonchev–Trinajstić information content (AvgIpc) is 2.74. The first-order valence-corrected chi connectivity index (χ1v) is 4.23. The molecule has 0 N–H and O–H groups in total. The van der Waals surface area contributed by atoms with Gasteiger partial charge in [-0.05, 0) is 19.3 Å². The van der Waals surface area contributed by atoms with Crippen LogP contribution in [-0.4, -0.2) is 23.8 Å². The molecule has 11 heavy (non-hydrogen) atoms. The molecule has 0 aliphatic heterocycles. The molecule has 2 nitrogen and oxygen atoms in total. The molecule has 0 heterocycles. The highest BCUT2D eigenvalue weighted by Crippen LogP contribution is 2.31. The molecule has 0 saturated heterocycles. The Balaban J connectivity index is 2.03. The van der Waals surface area contributed by atoms with Crippen molar-refractivity contribution < 1.29 is 4.79 Å². The Morgan fingerprint density at radius 1 is 1.45 bits per heavy atom.